The SMILES string of the molecule is CCC(C)C(NC(=O)c1cccc(COc2ccc(C)nc2)c1)C(=O)O. The molecule has 0 radical (unpaired) electrons. The number of nitrogens with one attached hydrogen (secondary N) is 1. The van der Waals surface area contributed by atoms with Gasteiger partial charge in [0.05, 0.1) is 6.20 Å². The molecule has 0 aliphatic carbocycles. The molecule has 6 heteroatoms. The predicted octanol–water partition coefficient (Wildman–Crippen LogP) is 3.20. The van der Waals surface area contributed by atoms with Crippen LogP contribution in [0.2, 0.25) is 0 Å². The van der Waals surface area contributed by atoms with E-state index in [0.717, 1.165) is 11.3 Å². The number of amides is 1. The number of aromatic nitrogens is 1. The van der Waals surface area contributed by atoms with Crippen LogP contribution in [0, 0.1) is 12.8 Å². The average molecular weight is 356 g/mol. The average Bonchev–Trinajstić information content (AvgIpc) is 2.64. The fraction of sp³-hybridized carbons (Fsp3) is 0.350. The minimum absolute atomic E-state index is 0.156. The van der Waals surface area contributed by atoms with Crippen LogP contribution in [0.4, 0.5) is 0 Å². The Morgan fingerprint density at radius 3 is 2.65 bits per heavy atom. The summed E-state index contributed by atoms with van der Waals surface area (Å²) in [5.74, 6) is -0.944. The third-order valence-corrected chi connectivity index (χ3v) is 4.24. The van der Waals surface area contributed by atoms with E-state index in [1.165, 1.54) is 0 Å². The van der Waals surface area contributed by atoms with Crippen LogP contribution in [-0.4, -0.2) is 28.0 Å². The van der Waals surface area contributed by atoms with Gasteiger partial charge in [-0.15, -0.1) is 0 Å². The normalized spacial score (nSPS) is 12.9. The molecule has 0 aliphatic heterocycles. The highest BCUT2D eigenvalue weighted by atomic mass is 16.5. The van der Waals surface area contributed by atoms with Crippen LogP contribution in [0.1, 0.15) is 41.9 Å². The predicted molar refractivity (Wildman–Crippen MR) is 98.1 cm³/mol. The van der Waals surface area contributed by atoms with Crippen LogP contribution in [0.3, 0.4) is 0 Å². The van der Waals surface area contributed by atoms with Gasteiger partial charge in [-0.1, -0.05) is 32.4 Å². The molecule has 1 aromatic carbocycles. The number of nitrogens with zero attached hydrogens (tertiary/aromatic N) is 1. The largest absolute Gasteiger partial charge is 0.487 e. The fourth-order valence-electron chi connectivity index (χ4n) is 2.42. The molecule has 6 nitrogen and oxygen atoms in total. The van der Waals surface area contributed by atoms with E-state index >= 15 is 0 Å². The third kappa shape index (κ3) is 5.31. The standard InChI is InChI=1S/C20H24N2O4/c1-4-13(2)18(20(24)25)22-19(23)16-7-5-6-15(10-16)12-26-17-9-8-14(3)21-11-17/h5-11,13,18H,4,12H2,1-3H3,(H,22,23)(H,24,25). The van der Waals surface area contributed by atoms with Gasteiger partial charge in [-0.3, -0.25) is 9.78 Å². The second kappa shape index (κ2) is 8.99. The highest BCUT2D eigenvalue weighted by Gasteiger charge is 2.25. The molecule has 1 heterocycles. The van der Waals surface area contributed by atoms with Crippen LogP contribution in [0.5, 0.6) is 5.75 Å². The lowest BCUT2D eigenvalue weighted by molar-refractivity contribution is -0.140. The summed E-state index contributed by atoms with van der Waals surface area (Å²) in [6.07, 6.45) is 2.31. The Bertz CT molecular complexity index is 759. The Hall–Kier alpha value is -2.89. The van der Waals surface area contributed by atoms with E-state index in [0.29, 0.717) is 24.3 Å². The molecule has 2 atom stereocenters. The first-order valence-corrected chi connectivity index (χ1v) is 8.58. The van der Waals surface area contributed by atoms with Crippen molar-refractivity contribution < 1.29 is 19.4 Å². The molecule has 0 fully saturated rings. The second-order valence-corrected chi connectivity index (χ2v) is 6.30. The molecule has 138 valence electrons. The van der Waals surface area contributed by atoms with Crippen molar-refractivity contribution >= 4 is 11.9 Å². The summed E-state index contributed by atoms with van der Waals surface area (Å²) in [6, 6.07) is 9.74. The van der Waals surface area contributed by atoms with Gasteiger partial charge in [0.1, 0.15) is 18.4 Å². The maximum absolute atomic E-state index is 12.4. The minimum atomic E-state index is -1.03. The summed E-state index contributed by atoms with van der Waals surface area (Å²) in [4.78, 5) is 28.0. The summed E-state index contributed by atoms with van der Waals surface area (Å²) < 4.78 is 5.67. The quantitative estimate of drug-likeness (QED) is 0.758. The van der Waals surface area contributed by atoms with E-state index in [-0.39, 0.29) is 5.92 Å². The molecule has 0 saturated carbocycles. The van der Waals surface area contributed by atoms with Crippen molar-refractivity contribution in [3.05, 3.63) is 59.4 Å². The lowest BCUT2D eigenvalue weighted by Gasteiger charge is -2.20. The van der Waals surface area contributed by atoms with Gasteiger partial charge in [0.2, 0.25) is 0 Å². The van der Waals surface area contributed by atoms with E-state index in [2.05, 4.69) is 10.3 Å². The molecule has 26 heavy (non-hydrogen) atoms. The number of carbonyl (C=O) groups excluding carboxylic acids is 1. The van der Waals surface area contributed by atoms with Gasteiger partial charge < -0.3 is 15.2 Å². The summed E-state index contributed by atoms with van der Waals surface area (Å²) in [5.41, 5.74) is 2.13. The summed E-state index contributed by atoms with van der Waals surface area (Å²) in [6.45, 7) is 5.89. The summed E-state index contributed by atoms with van der Waals surface area (Å²) in [7, 11) is 0. The molecule has 2 aromatic rings. The number of hydrogen-bond acceptors (Lipinski definition) is 4. The molecule has 2 N–H and O–H groups in total. The molecule has 2 rings (SSSR count). The van der Waals surface area contributed by atoms with Crippen molar-refractivity contribution in [3.8, 4) is 5.75 Å². The minimum Gasteiger partial charge on any atom is -0.487 e. The van der Waals surface area contributed by atoms with Gasteiger partial charge in [-0.2, -0.15) is 0 Å². The van der Waals surface area contributed by atoms with Crippen LogP contribution >= 0.6 is 0 Å². The number of ether oxygens (including phenoxy) is 1. The zero-order valence-electron chi connectivity index (χ0n) is 15.2. The lowest BCUT2D eigenvalue weighted by Crippen LogP contribution is -2.45. The number of rotatable bonds is 8. The topological polar surface area (TPSA) is 88.5 Å². The van der Waals surface area contributed by atoms with Gasteiger partial charge in [0.25, 0.3) is 5.91 Å². The number of benzene rings is 1. The molecule has 0 spiro atoms. The van der Waals surface area contributed by atoms with Crippen molar-refractivity contribution in [3.63, 3.8) is 0 Å². The number of aliphatic carboxylic acids is 1. The van der Waals surface area contributed by atoms with Gasteiger partial charge in [0.15, 0.2) is 0 Å². The van der Waals surface area contributed by atoms with Gasteiger partial charge in [-0.25, -0.2) is 4.79 Å². The Labute approximate surface area is 153 Å². The Balaban J connectivity index is 2.04. The molecule has 2 unspecified atom stereocenters. The third-order valence-electron chi connectivity index (χ3n) is 4.24. The van der Waals surface area contributed by atoms with Crippen molar-refractivity contribution in [1.82, 2.24) is 10.3 Å². The van der Waals surface area contributed by atoms with Crippen molar-refractivity contribution in [2.45, 2.75) is 39.8 Å². The van der Waals surface area contributed by atoms with E-state index < -0.39 is 17.9 Å². The van der Waals surface area contributed by atoms with E-state index in [1.54, 1.807) is 31.3 Å². The number of pyridine rings is 1. The highest BCUT2D eigenvalue weighted by Crippen LogP contribution is 2.14. The molecule has 1 amide bonds. The first kappa shape index (κ1) is 19.4. The second-order valence-electron chi connectivity index (χ2n) is 6.30. The van der Waals surface area contributed by atoms with Crippen molar-refractivity contribution in [2.24, 2.45) is 5.92 Å². The van der Waals surface area contributed by atoms with Crippen LogP contribution in [-0.2, 0) is 11.4 Å². The molecular weight excluding hydrogens is 332 g/mol. The first-order chi connectivity index (χ1) is 12.4. The highest BCUT2D eigenvalue weighted by molar-refractivity contribution is 5.96. The fourth-order valence-corrected chi connectivity index (χ4v) is 2.42. The number of aryl methyl sites for hydroxylation is 1. The van der Waals surface area contributed by atoms with E-state index in [4.69, 9.17) is 4.74 Å². The van der Waals surface area contributed by atoms with Crippen LogP contribution in [0.15, 0.2) is 42.6 Å². The Morgan fingerprint density at radius 1 is 1.27 bits per heavy atom. The molecule has 0 bridgehead atoms. The van der Waals surface area contributed by atoms with Crippen LogP contribution < -0.4 is 10.1 Å². The van der Waals surface area contributed by atoms with Gasteiger partial charge >= 0.3 is 5.97 Å². The maximum Gasteiger partial charge on any atom is 0.326 e. The number of carboxylic acids is 1. The zero-order chi connectivity index (χ0) is 19.1. The lowest BCUT2D eigenvalue weighted by atomic mass is 9.99. The molecular formula is C20H24N2O4. The van der Waals surface area contributed by atoms with E-state index in [9.17, 15) is 14.7 Å². The Kier molecular flexibility index (Phi) is 6.72. The first-order valence-electron chi connectivity index (χ1n) is 8.58. The monoisotopic (exact) mass is 356 g/mol. The maximum atomic E-state index is 12.4. The molecule has 1 aromatic heterocycles. The van der Waals surface area contributed by atoms with Gasteiger partial charge in [0, 0.05) is 11.3 Å². The number of carboxylic acid groups (broad SMARTS) is 1. The van der Waals surface area contributed by atoms with Gasteiger partial charge in [-0.05, 0) is 42.7 Å². The summed E-state index contributed by atoms with van der Waals surface area (Å²) in [5, 5.41) is 11.9. The zero-order valence-corrected chi connectivity index (χ0v) is 15.2. The number of carbonyl (C=O) groups is 2. The van der Waals surface area contributed by atoms with Crippen molar-refractivity contribution in [2.75, 3.05) is 0 Å². The smallest absolute Gasteiger partial charge is 0.326 e. The van der Waals surface area contributed by atoms with Crippen molar-refractivity contribution in [1.29, 1.82) is 0 Å². The summed E-state index contributed by atoms with van der Waals surface area (Å²) >= 11 is 0. The Morgan fingerprint density at radius 2 is 2.04 bits per heavy atom. The molecule has 0 aliphatic rings. The number of hydrogen-bond donors (Lipinski definition) is 2. The van der Waals surface area contributed by atoms with E-state index in [1.807, 2.05) is 32.0 Å². The molecule has 0 saturated heterocycles. The van der Waals surface area contributed by atoms with Crippen LogP contribution in [0.25, 0.3) is 0 Å².